The lowest BCUT2D eigenvalue weighted by molar-refractivity contribution is -0.141. The molecule has 4 aliphatic rings. The molecule has 30 heavy (non-hydrogen) atoms. The monoisotopic (exact) mass is 416 g/mol. The molecule has 9 atom stereocenters. The smallest absolute Gasteiger partial charge is 0.306 e. The van der Waals surface area contributed by atoms with E-state index in [1.54, 1.807) is 5.57 Å². The lowest BCUT2D eigenvalue weighted by Crippen LogP contribution is -2.50. The highest BCUT2D eigenvalue weighted by atomic mass is 16.4. The molecule has 0 bridgehead atoms. The quantitative estimate of drug-likeness (QED) is 0.489. The van der Waals surface area contributed by atoms with E-state index in [1.807, 2.05) is 6.92 Å². The van der Waals surface area contributed by atoms with Crippen LogP contribution < -0.4 is 0 Å². The van der Waals surface area contributed by atoms with Crippen molar-refractivity contribution in [1.82, 2.24) is 0 Å². The predicted octanol–water partition coefficient (Wildman–Crippen LogP) is 6.45. The number of carboxylic acids is 1. The molecule has 0 spiro atoms. The molecule has 3 saturated carbocycles. The van der Waals surface area contributed by atoms with E-state index in [4.69, 9.17) is 5.11 Å². The number of allylic oxidation sites excluding steroid dienone is 1. The van der Waals surface area contributed by atoms with E-state index in [9.17, 15) is 9.90 Å². The molecular weight excluding hydrogens is 372 g/mol. The first-order chi connectivity index (χ1) is 14.2. The lowest BCUT2D eigenvalue weighted by atomic mass is 9.47. The molecule has 3 heteroatoms. The van der Waals surface area contributed by atoms with E-state index in [2.05, 4.69) is 26.8 Å². The normalized spacial score (nSPS) is 45.0. The van der Waals surface area contributed by atoms with Crippen LogP contribution in [0, 0.1) is 46.3 Å². The van der Waals surface area contributed by atoms with Crippen molar-refractivity contribution in [3.8, 4) is 0 Å². The fourth-order valence-electron chi connectivity index (χ4n) is 8.69. The van der Waals surface area contributed by atoms with E-state index in [1.165, 1.54) is 44.9 Å². The Labute approximate surface area is 183 Å². The molecule has 0 unspecified atom stereocenters. The summed E-state index contributed by atoms with van der Waals surface area (Å²) in [4.78, 5) is 11.1. The maximum absolute atomic E-state index is 11.1. The van der Waals surface area contributed by atoms with Crippen LogP contribution in [0.15, 0.2) is 11.6 Å². The number of aliphatic hydroxyl groups is 1. The van der Waals surface area contributed by atoms with Crippen LogP contribution >= 0.6 is 0 Å². The van der Waals surface area contributed by atoms with E-state index in [0.29, 0.717) is 16.7 Å². The highest BCUT2D eigenvalue weighted by Gasteiger charge is 2.59. The average Bonchev–Trinajstić information content (AvgIpc) is 3.05. The summed E-state index contributed by atoms with van der Waals surface area (Å²) < 4.78 is 0. The Morgan fingerprint density at radius 2 is 1.87 bits per heavy atom. The van der Waals surface area contributed by atoms with Gasteiger partial charge in [0.15, 0.2) is 0 Å². The zero-order valence-corrected chi connectivity index (χ0v) is 19.7. The van der Waals surface area contributed by atoms with Gasteiger partial charge in [-0.2, -0.15) is 0 Å². The zero-order valence-electron chi connectivity index (χ0n) is 19.7. The third-order valence-electron chi connectivity index (χ3n) is 10.6. The summed E-state index contributed by atoms with van der Waals surface area (Å²) in [5.41, 5.74) is 2.37. The van der Waals surface area contributed by atoms with Gasteiger partial charge in [0, 0.05) is 0 Å². The topological polar surface area (TPSA) is 57.5 Å². The Hall–Kier alpha value is -0.830. The van der Waals surface area contributed by atoms with Crippen LogP contribution in [0.3, 0.4) is 0 Å². The van der Waals surface area contributed by atoms with Crippen molar-refractivity contribution in [1.29, 1.82) is 0 Å². The minimum atomic E-state index is -0.651. The van der Waals surface area contributed by atoms with E-state index < -0.39 is 5.97 Å². The Balaban J connectivity index is 1.44. The Morgan fingerprint density at radius 1 is 1.10 bits per heavy atom. The Morgan fingerprint density at radius 3 is 2.60 bits per heavy atom. The molecule has 0 saturated heterocycles. The van der Waals surface area contributed by atoms with Crippen LogP contribution in [0.1, 0.15) is 98.3 Å². The first-order valence-corrected chi connectivity index (χ1v) is 12.8. The first-order valence-electron chi connectivity index (χ1n) is 12.8. The SMILES string of the molecule is C[C@H](CCC[C@H](C)C(=O)O)[C@@H]1CC[C@@H]2[C@H]3CC=C4C[C@@H](O)CC[C@]4(C)[C@@H]3CC[C@@]21C. The van der Waals surface area contributed by atoms with Gasteiger partial charge in [0.1, 0.15) is 0 Å². The van der Waals surface area contributed by atoms with Crippen molar-refractivity contribution >= 4 is 5.97 Å². The largest absolute Gasteiger partial charge is 0.481 e. The van der Waals surface area contributed by atoms with Crippen LogP contribution in [0.2, 0.25) is 0 Å². The molecule has 0 aromatic heterocycles. The molecule has 0 aromatic rings. The first kappa shape index (κ1) is 22.4. The highest BCUT2D eigenvalue weighted by Crippen LogP contribution is 2.67. The molecule has 3 nitrogen and oxygen atoms in total. The maximum atomic E-state index is 11.1. The number of aliphatic carboxylic acids is 1. The van der Waals surface area contributed by atoms with E-state index in [0.717, 1.165) is 49.4 Å². The number of rotatable bonds is 6. The van der Waals surface area contributed by atoms with Crippen LogP contribution in [0.4, 0.5) is 0 Å². The number of aliphatic hydroxyl groups excluding tert-OH is 1. The molecule has 2 N–H and O–H groups in total. The van der Waals surface area contributed by atoms with Crippen molar-refractivity contribution in [3.63, 3.8) is 0 Å². The molecule has 3 fully saturated rings. The molecule has 0 amide bonds. The van der Waals surface area contributed by atoms with Gasteiger partial charge in [0.2, 0.25) is 0 Å². The van der Waals surface area contributed by atoms with Gasteiger partial charge in [-0.1, -0.05) is 52.2 Å². The van der Waals surface area contributed by atoms with Crippen LogP contribution in [0.5, 0.6) is 0 Å². The molecule has 4 aliphatic carbocycles. The van der Waals surface area contributed by atoms with Gasteiger partial charge in [-0.25, -0.2) is 0 Å². The number of carbonyl (C=O) groups is 1. The molecular formula is C27H44O3. The molecule has 0 radical (unpaired) electrons. The minimum absolute atomic E-state index is 0.115. The molecule has 0 aliphatic heterocycles. The Bertz CT molecular complexity index is 684. The number of hydrogen-bond donors (Lipinski definition) is 2. The van der Waals surface area contributed by atoms with Crippen molar-refractivity contribution in [2.75, 3.05) is 0 Å². The van der Waals surface area contributed by atoms with Gasteiger partial charge in [-0.15, -0.1) is 0 Å². The summed E-state index contributed by atoms with van der Waals surface area (Å²) in [6.07, 6.45) is 15.2. The lowest BCUT2D eigenvalue weighted by Gasteiger charge is -2.58. The van der Waals surface area contributed by atoms with Crippen LogP contribution in [-0.2, 0) is 4.79 Å². The summed E-state index contributed by atoms with van der Waals surface area (Å²) in [5, 5.41) is 19.4. The second-order valence-electron chi connectivity index (χ2n) is 12.0. The molecule has 0 heterocycles. The summed E-state index contributed by atoms with van der Waals surface area (Å²) in [6, 6.07) is 0. The predicted molar refractivity (Wildman–Crippen MR) is 121 cm³/mol. The average molecular weight is 417 g/mol. The van der Waals surface area contributed by atoms with E-state index in [-0.39, 0.29) is 12.0 Å². The van der Waals surface area contributed by atoms with Crippen LogP contribution in [0.25, 0.3) is 0 Å². The fraction of sp³-hybridized carbons (Fsp3) is 0.889. The van der Waals surface area contributed by atoms with Gasteiger partial charge in [-0.05, 0) is 98.2 Å². The summed E-state index contributed by atoms with van der Waals surface area (Å²) in [7, 11) is 0. The number of hydrogen-bond acceptors (Lipinski definition) is 2. The third kappa shape index (κ3) is 3.67. The third-order valence-corrected chi connectivity index (χ3v) is 10.6. The van der Waals surface area contributed by atoms with Crippen molar-refractivity contribution in [2.24, 2.45) is 46.3 Å². The highest BCUT2D eigenvalue weighted by molar-refractivity contribution is 5.69. The standard InChI is InChI=1S/C27H44O3/c1-17(6-5-7-18(2)25(29)30)22-10-11-23-21-9-8-19-16-20(28)12-14-26(19,3)24(21)13-15-27(22,23)4/h8,17-18,20-24,28H,5-7,9-16H2,1-4H3,(H,29,30)/t17-,18+,20+,21-,22+,23-,24-,26+,27-/m1/s1. The zero-order chi connectivity index (χ0) is 21.7. The second-order valence-corrected chi connectivity index (χ2v) is 12.0. The van der Waals surface area contributed by atoms with Gasteiger partial charge < -0.3 is 10.2 Å². The summed E-state index contributed by atoms with van der Waals surface area (Å²) in [6.45, 7) is 9.41. The minimum Gasteiger partial charge on any atom is -0.481 e. The van der Waals surface area contributed by atoms with Crippen LogP contribution in [-0.4, -0.2) is 22.3 Å². The van der Waals surface area contributed by atoms with Gasteiger partial charge >= 0.3 is 5.97 Å². The number of fused-ring (bicyclic) bond motifs is 5. The van der Waals surface area contributed by atoms with Gasteiger partial charge in [-0.3, -0.25) is 4.79 Å². The fourth-order valence-corrected chi connectivity index (χ4v) is 8.69. The molecule has 170 valence electrons. The summed E-state index contributed by atoms with van der Waals surface area (Å²) in [5.74, 6) is 3.14. The molecule has 0 aromatic carbocycles. The second kappa shape index (κ2) is 8.26. The van der Waals surface area contributed by atoms with Crippen molar-refractivity contribution in [2.45, 2.75) is 104 Å². The molecule has 4 rings (SSSR count). The van der Waals surface area contributed by atoms with Gasteiger partial charge in [0.25, 0.3) is 0 Å². The van der Waals surface area contributed by atoms with E-state index >= 15 is 0 Å². The van der Waals surface area contributed by atoms with Crippen molar-refractivity contribution in [3.05, 3.63) is 11.6 Å². The number of carboxylic acid groups (broad SMARTS) is 1. The maximum Gasteiger partial charge on any atom is 0.306 e. The van der Waals surface area contributed by atoms with Crippen molar-refractivity contribution < 1.29 is 15.0 Å². The summed E-state index contributed by atoms with van der Waals surface area (Å²) >= 11 is 0. The van der Waals surface area contributed by atoms with Gasteiger partial charge in [0.05, 0.1) is 12.0 Å². The Kier molecular flexibility index (Phi) is 6.16.